The molecule has 4 rings (SSSR count). The van der Waals surface area contributed by atoms with Crippen LogP contribution in [-0.4, -0.2) is 8.07 Å². The van der Waals surface area contributed by atoms with E-state index in [1.54, 1.807) is 60.1 Å². The van der Waals surface area contributed by atoms with Gasteiger partial charge in [0.05, 0.1) is 0 Å². The van der Waals surface area contributed by atoms with E-state index in [9.17, 15) is 0 Å². The maximum atomic E-state index is 2.82. The van der Waals surface area contributed by atoms with Gasteiger partial charge in [-0.2, -0.15) is 0 Å². The van der Waals surface area contributed by atoms with E-state index in [-0.39, 0.29) is 40.6 Å². The van der Waals surface area contributed by atoms with Gasteiger partial charge in [-0.1, -0.05) is 0 Å². The fraction of sp³-hybridized carbons (Fsp3) is 0.645. The maximum Gasteiger partial charge on any atom is -1.00 e. The quantitative estimate of drug-likeness (QED) is 0.0321. The molecule has 1 aliphatic rings. The zero-order valence-corrected chi connectivity index (χ0v) is 49.4. The summed E-state index contributed by atoms with van der Waals surface area (Å²) in [6.07, 6.45) is 41.3. The van der Waals surface area contributed by atoms with Crippen molar-refractivity contribution in [2.75, 3.05) is 0 Å². The van der Waals surface area contributed by atoms with Gasteiger partial charge in [0.25, 0.3) is 0 Å². The van der Waals surface area contributed by atoms with Crippen molar-refractivity contribution in [2.45, 2.75) is 258 Å². The van der Waals surface area contributed by atoms with Crippen LogP contribution < -0.4 is 52.8 Å². The number of unbranched alkanes of at least 4 members (excludes halogenated alkanes) is 18. The topological polar surface area (TPSA) is 0 Å². The van der Waals surface area contributed by atoms with Gasteiger partial charge in [0.1, 0.15) is 0 Å². The Bertz CT molecular complexity index is 1610. The van der Waals surface area contributed by atoms with E-state index in [1.807, 2.05) is 0 Å². The molecule has 0 bridgehead atoms. The van der Waals surface area contributed by atoms with Crippen molar-refractivity contribution < 1.29 is 57.7 Å². The fourth-order valence-electron chi connectivity index (χ4n) is 11.2. The molecule has 3 aromatic rings. The Hall–Kier alpha value is -1.06. The predicted molar refractivity (Wildman–Crippen MR) is 286 cm³/mol. The molecular formula is C62H97Cl3SiTi. The molecule has 0 saturated heterocycles. The Balaban J connectivity index is 0.00000748. The van der Waals surface area contributed by atoms with E-state index in [4.69, 9.17) is 0 Å². The molecule has 67 heavy (non-hydrogen) atoms. The van der Waals surface area contributed by atoms with Crippen molar-refractivity contribution in [3.05, 3.63) is 111 Å². The van der Waals surface area contributed by atoms with Crippen LogP contribution in [0.1, 0.15) is 250 Å². The number of rotatable bonds is 34. The SMILES string of the molecule is CCCCCCc1cc(CCCCCC)cc([Si](c2cc(CCCCCC)cc(CCCCCC)c2)(c2cc(CCCCCC)cc(CCCCCC)c2)[C]2([Ti+3])C(C)=CC(C)=C2C)c1.[Cl-].[Cl-].[Cl-]. The summed E-state index contributed by atoms with van der Waals surface area (Å²) in [5, 5.41) is 5.07. The molecular weight excluding hydrogens is 927 g/mol. The molecule has 1 aliphatic carbocycles. The predicted octanol–water partition coefficient (Wildman–Crippen LogP) is 8.45. The van der Waals surface area contributed by atoms with Crippen molar-refractivity contribution in [1.82, 2.24) is 0 Å². The van der Waals surface area contributed by atoms with Gasteiger partial charge in [-0.15, -0.1) is 0 Å². The van der Waals surface area contributed by atoms with Crippen LogP contribution in [0.15, 0.2) is 77.4 Å². The molecule has 0 aliphatic heterocycles. The minimum absolute atomic E-state index is 0. The third kappa shape index (κ3) is 18.5. The standard InChI is InChI=1S/C62H97Si.3ClH.Ti/c1-10-16-22-28-34-53-41-54(35-29-23-17-11-2)45-59(44-53)63(62-51(8)40-50(7)52(62)9,60-46-55(36-30-24-18-12-3)42-56(47-60)37-31-25-19-13-4)61-48-57(38-32-26-20-14-5)43-58(49-61)39-33-27-21-15-6;;;;/h40-49H,10-39H2,1-9H3;3*1H;/q;;;;+3/p-3. The second-order valence-electron chi connectivity index (χ2n) is 20.6. The first-order valence-corrected chi connectivity index (χ1v) is 30.4. The van der Waals surface area contributed by atoms with Crippen LogP contribution in [0.4, 0.5) is 0 Å². The molecule has 3 aromatic carbocycles. The van der Waals surface area contributed by atoms with E-state index < -0.39 is 8.07 Å². The molecule has 0 heterocycles. The molecule has 374 valence electrons. The summed E-state index contributed by atoms with van der Waals surface area (Å²) in [6.45, 7) is 21.7. The van der Waals surface area contributed by atoms with Crippen LogP contribution in [0.25, 0.3) is 0 Å². The minimum Gasteiger partial charge on any atom is -1.00 e. The number of halogens is 3. The van der Waals surface area contributed by atoms with Crippen molar-refractivity contribution in [2.24, 2.45) is 0 Å². The summed E-state index contributed by atoms with van der Waals surface area (Å²) < 4.78 is -0.0992. The van der Waals surface area contributed by atoms with Crippen molar-refractivity contribution in [3.8, 4) is 0 Å². The summed E-state index contributed by atoms with van der Waals surface area (Å²) in [6, 6.07) is 24.9. The molecule has 0 nitrogen and oxygen atoms in total. The third-order valence-electron chi connectivity index (χ3n) is 15.1. The van der Waals surface area contributed by atoms with Gasteiger partial charge in [-0.25, -0.2) is 0 Å². The summed E-state index contributed by atoms with van der Waals surface area (Å²) in [4.78, 5) is 0. The second kappa shape index (κ2) is 35.1. The Kier molecular flexibility index (Phi) is 33.5. The number of hydrogen-bond donors (Lipinski definition) is 0. The normalized spacial score (nSPS) is 14.8. The maximum absolute atomic E-state index is 2.92. The first-order valence-electron chi connectivity index (χ1n) is 27.6. The van der Waals surface area contributed by atoms with Crippen LogP contribution in [0, 0.1) is 0 Å². The van der Waals surface area contributed by atoms with Gasteiger partial charge >= 0.3 is 413 Å². The summed E-state index contributed by atoms with van der Waals surface area (Å²) in [5.41, 5.74) is 14.3. The van der Waals surface area contributed by atoms with Crippen LogP contribution >= 0.6 is 0 Å². The van der Waals surface area contributed by atoms with Crippen LogP contribution in [0.5, 0.6) is 0 Å². The average molecular weight is 1020 g/mol. The molecule has 0 spiro atoms. The third-order valence-corrected chi connectivity index (χ3v) is 23.4. The van der Waals surface area contributed by atoms with E-state index in [1.165, 1.54) is 198 Å². The van der Waals surface area contributed by atoms with Crippen LogP contribution in [0.3, 0.4) is 0 Å². The molecule has 0 radical (unpaired) electrons. The van der Waals surface area contributed by atoms with Crippen LogP contribution in [-0.2, 0) is 59.0 Å². The van der Waals surface area contributed by atoms with Crippen LogP contribution in [0.2, 0.25) is 3.34 Å². The zero-order valence-electron chi connectivity index (χ0n) is 44.6. The Morgan fingerprint density at radius 2 is 0.567 bits per heavy atom. The van der Waals surface area contributed by atoms with E-state index in [2.05, 4.69) is 143 Å². The van der Waals surface area contributed by atoms with Crippen molar-refractivity contribution >= 4 is 23.6 Å². The smallest absolute Gasteiger partial charge is 1.00 e. The van der Waals surface area contributed by atoms with E-state index >= 15 is 0 Å². The molecule has 0 N–H and O–H groups in total. The number of benzene rings is 3. The Morgan fingerprint density at radius 3 is 0.746 bits per heavy atom. The Morgan fingerprint density at radius 1 is 0.343 bits per heavy atom. The van der Waals surface area contributed by atoms with Gasteiger partial charge in [0.15, 0.2) is 0 Å². The summed E-state index contributed by atoms with van der Waals surface area (Å²) in [5.74, 6) is 0. The van der Waals surface area contributed by atoms with E-state index in [0.717, 1.165) is 0 Å². The van der Waals surface area contributed by atoms with Crippen molar-refractivity contribution in [1.29, 1.82) is 0 Å². The fourth-order valence-corrected chi connectivity index (χ4v) is 19.8. The molecule has 0 saturated carbocycles. The molecule has 1 atom stereocenters. The largest absolute Gasteiger partial charge is 1.00 e. The van der Waals surface area contributed by atoms with Gasteiger partial charge in [0, 0.05) is 0 Å². The van der Waals surface area contributed by atoms with Gasteiger partial charge in [0.2, 0.25) is 0 Å². The Labute approximate surface area is 447 Å². The molecule has 0 amide bonds. The zero-order chi connectivity index (χ0) is 46.2. The number of hydrogen-bond acceptors (Lipinski definition) is 0. The molecule has 0 fully saturated rings. The number of allylic oxidation sites excluding steroid dienone is 4. The van der Waals surface area contributed by atoms with Gasteiger partial charge in [-0.3, -0.25) is 0 Å². The minimum atomic E-state index is -2.92. The first kappa shape index (κ1) is 64.0. The van der Waals surface area contributed by atoms with Gasteiger partial charge < -0.3 is 37.2 Å². The first-order chi connectivity index (χ1) is 31.1. The van der Waals surface area contributed by atoms with Crippen molar-refractivity contribution in [3.63, 3.8) is 0 Å². The molecule has 1 unspecified atom stereocenters. The number of aryl methyl sites for hydroxylation is 6. The summed E-state index contributed by atoms with van der Waals surface area (Å²) in [7, 11) is -2.92. The molecule has 5 heteroatoms. The molecule has 0 aromatic heterocycles. The average Bonchev–Trinajstić information content (AvgIpc) is 3.49. The second-order valence-corrected chi connectivity index (χ2v) is 26.5. The summed E-state index contributed by atoms with van der Waals surface area (Å²) >= 11 is 2.75. The van der Waals surface area contributed by atoms with E-state index in [0.29, 0.717) is 0 Å². The monoisotopic (exact) mass is 1020 g/mol. The van der Waals surface area contributed by atoms with Gasteiger partial charge in [-0.05, 0) is 0 Å².